The van der Waals surface area contributed by atoms with Gasteiger partial charge in [0.05, 0.1) is 16.3 Å². The maximum absolute atomic E-state index is 2.34. The number of anilines is 1. The molecule has 2 nitrogen and oxygen atoms in total. The van der Waals surface area contributed by atoms with E-state index in [2.05, 4.69) is 115 Å². The van der Waals surface area contributed by atoms with Gasteiger partial charge in [-0.1, -0.05) is 66.4 Å². The smallest absolute Gasteiger partial charge is 0.212 e. The predicted octanol–water partition coefficient (Wildman–Crippen LogP) is 5.82. The minimum absolute atomic E-state index is 0.897. The van der Waals surface area contributed by atoms with Crippen molar-refractivity contribution in [2.75, 3.05) is 11.9 Å². The maximum atomic E-state index is 2.34. The number of thioether (sulfide) groups is 1. The second kappa shape index (κ2) is 7.41. The molecule has 0 saturated heterocycles. The van der Waals surface area contributed by atoms with Crippen molar-refractivity contribution < 1.29 is 4.57 Å². The van der Waals surface area contributed by atoms with Crippen LogP contribution < -0.4 is 9.47 Å². The number of hydrogen-bond donors (Lipinski definition) is 0. The molecule has 1 aliphatic heterocycles. The van der Waals surface area contributed by atoms with Crippen LogP contribution in [0.4, 0.5) is 5.69 Å². The summed E-state index contributed by atoms with van der Waals surface area (Å²) >= 11 is 1.87. The minimum Gasteiger partial charge on any atom is -0.338 e. The lowest BCUT2D eigenvalue weighted by molar-refractivity contribution is -0.647. The molecule has 1 aromatic heterocycles. The molecule has 142 valence electrons. The standard InChI is InChI=1S/C26H23N2S/c1-27-22-13-7-6-12-20(22)16-17-23(27)21(18-19-10-4-3-5-11-19)26-28(2)24-14-8-9-15-25(24)29-26/h3-17H,18H2,1-2H3/q+1. The molecule has 0 saturated carbocycles. The molecule has 0 spiro atoms. The molecule has 0 radical (unpaired) electrons. The van der Waals surface area contributed by atoms with Gasteiger partial charge in [-0.05, 0) is 29.8 Å². The summed E-state index contributed by atoms with van der Waals surface area (Å²) in [6.45, 7) is 0. The Balaban J connectivity index is 1.71. The summed E-state index contributed by atoms with van der Waals surface area (Å²) in [5.41, 5.74) is 6.47. The van der Waals surface area contributed by atoms with E-state index in [0.29, 0.717) is 0 Å². The van der Waals surface area contributed by atoms with Crippen molar-refractivity contribution in [3.8, 4) is 0 Å². The van der Waals surface area contributed by atoms with Crippen LogP contribution in [0.2, 0.25) is 0 Å². The van der Waals surface area contributed by atoms with Crippen LogP contribution in [0.3, 0.4) is 0 Å². The molecule has 0 fully saturated rings. The largest absolute Gasteiger partial charge is 0.338 e. The maximum Gasteiger partial charge on any atom is 0.212 e. The molecule has 29 heavy (non-hydrogen) atoms. The average Bonchev–Trinajstić information content (AvgIpc) is 3.10. The third-order valence-corrected chi connectivity index (χ3v) is 6.89. The Morgan fingerprint density at radius 1 is 0.828 bits per heavy atom. The van der Waals surface area contributed by atoms with Gasteiger partial charge in [-0.15, -0.1) is 0 Å². The summed E-state index contributed by atoms with van der Waals surface area (Å²) in [6, 6.07) is 32.5. The van der Waals surface area contributed by atoms with Crippen molar-refractivity contribution in [2.45, 2.75) is 11.3 Å². The molecule has 5 rings (SSSR count). The number of rotatable bonds is 3. The molecule has 0 atom stereocenters. The van der Waals surface area contributed by atoms with Crippen LogP contribution in [-0.4, -0.2) is 7.05 Å². The topological polar surface area (TPSA) is 7.12 Å². The van der Waals surface area contributed by atoms with E-state index in [1.54, 1.807) is 0 Å². The number of aromatic nitrogens is 1. The first-order valence-corrected chi connectivity index (χ1v) is 10.7. The van der Waals surface area contributed by atoms with E-state index in [0.717, 1.165) is 6.42 Å². The zero-order valence-corrected chi connectivity index (χ0v) is 17.5. The van der Waals surface area contributed by atoms with Crippen molar-refractivity contribution in [1.82, 2.24) is 0 Å². The van der Waals surface area contributed by atoms with Crippen LogP contribution >= 0.6 is 11.8 Å². The van der Waals surface area contributed by atoms with E-state index in [-0.39, 0.29) is 0 Å². The third-order valence-electron chi connectivity index (χ3n) is 5.61. The van der Waals surface area contributed by atoms with Crippen molar-refractivity contribution in [1.29, 1.82) is 0 Å². The first-order chi connectivity index (χ1) is 14.2. The zero-order valence-electron chi connectivity index (χ0n) is 16.7. The van der Waals surface area contributed by atoms with Crippen LogP contribution in [0.25, 0.3) is 16.5 Å². The quantitative estimate of drug-likeness (QED) is 0.404. The molecule has 3 heteroatoms. The zero-order chi connectivity index (χ0) is 19.8. The Morgan fingerprint density at radius 3 is 2.38 bits per heavy atom. The Bertz CT molecular complexity index is 1230. The van der Waals surface area contributed by atoms with Gasteiger partial charge >= 0.3 is 0 Å². The van der Waals surface area contributed by atoms with Crippen molar-refractivity contribution in [3.05, 3.63) is 107 Å². The van der Waals surface area contributed by atoms with E-state index in [4.69, 9.17) is 0 Å². The highest BCUT2D eigenvalue weighted by Crippen LogP contribution is 2.48. The van der Waals surface area contributed by atoms with Crippen LogP contribution in [0.15, 0.2) is 101 Å². The number of hydrogen-bond acceptors (Lipinski definition) is 2. The Labute approximate surface area is 176 Å². The Kier molecular flexibility index (Phi) is 4.61. The second-order valence-electron chi connectivity index (χ2n) is 7.41. The summed E-state index contributed by atoms with van der Waals surface area (Å²) in [4.78, 5) is 3.66. The minimum atomic E-state index is 0.897. The summed E-state index contributed by atoms with van der Waals surface area (Å²) < 4.78 is 2.33. The van der Waals surface area contributed by atoms with Crippen LogP contribution in [0, 0.1) is 0 Å². The average molecular weight is 396 g/mol. The highest BCUT2D eigenvalue weighted by Gasteiger charge is 2.29. The summed E-state index contributed by atoms with van der Waals surface area (Å²) in [6.07, 6.45) is 0.897. The lowest BCUT2D eigenvalue weighted by atomic mass is 10.0. The number of para-hydroxylation sites is 2. The number of pyridine rings is 1. The van der Waals surface area contributed by atoms with Gasteiger partial charge in [-0.2, -0.15) is 4.57 Å². The SMILES string of the molecule is CN1/C(=C(/Cc2ccccc2)c2ccc3ccccc3[n+]2C)Sc2ccccc21. The Morgan fingerprint density at radius 2 is 1.55 bits per heavy atom. The molecule has 0 N–H and O–H groups in total. The van der Waals surface area contributed by atoms with Gasteiger partial charge in [0.2, 0.25) is 11.2 Å². The first kappa shape index (κ1) is 18.0. The van der Waals surface area contributed by atoms with Gasteiger partial charge in [-0.25, -0.2) is 0 Å². The number of fused-ring (bicyclic) bond motifs is 2. The lowest BCUT2D eigenvalue weighted by Gasteiger charge is -2.18. The molecule has 2 heterocycles. The van der Waals surface area contributed by atoms with Crippen molar-refractivity contribution in [3.63, 3.8) is 0 Å². The second-order valence-corrected chi connectivity index (χ2v) is 8.44. The van der Waals surface area contributed by atoms with Crippen molar-refractivity contribution in [2.24, 2.45) is 7.05 Å². The molecule has 0 unspecified atom stereocenters. The van der Waals surface area contributed by atoms with E-state index in [1.807, 2.05) is 11.8 Å². The highest BCUT2D eigenvalue weighted by atomic mass is 32.2. The molecule has 0 bridgehead atoms. The van der Waals surface area contributed by atoms with Gasteiger partial charge in [0.1, 0.15) is 7.05 Å². The fourth-order valence-corrected chi connectivity index (χ4v) is 5.29. The van der Waals surface area contributed by atoms with E-state index >= 15 is 0 Å². The number of nitrogens with zero attached hydrogens (tertiary/aromatic N) is 2. The van der Waals surface area contributed by atoms with Crippen LogP contribution in [-0.2, 0) is 13.5 Å². The fourth-order valence-electron chi connectivity index (χ4n) is 4.09. The van der Waals surface area contributed by atoms with E-state index in [1.165, 1.54) is 43.3 Å². The van der Waals surface area contributed by atoms with Gasteiger partial charge in [0, 0.05) is 35.9 Å². The van der Waals surface area contributed by atoms with E-state index in [9.17, 15) is 0 Å². The molecular weight excluding hydrogens is 372 g/mol. The molecule has 1 aliphatic rings. The summed E-state index contributed by atoms with van der Waals surface area (Å²) in [7, 11) is 4.36. The van der Waals surface area contributed by atoms with Crippen molar-refractivity contribution >= 4 is 33.9 Å². The van der Waals surface area contributed by atoms with Gasteiger partial charge in [0.25, 0.3) is 0 Å². The Hall–Kier alpha value is -3.04. The van der Waals surface area contributed by atoms with Crippen LogP contribution in [0.5, 0.6) is 0 Å². The highest BCUT2D eigenvalue weighted by molar-refractivity contribution is 8.04. The van der Waals surface area contributed by atoms with E-state index < -0.39 is 0 Å². The summed E-state index contributed by atoms with van der Waals surface area (Å²) in [5, 5.41) is 2.57. The van der Waals surface area contributed by atoms with Gasteiger partial charge in [-0.3, -0.25) is 0 Å². The van der Waals surface area contributed by atoms with Gasteiger partial charge in [0.15, 0.2) is 0 Å². The molecular formula is C26H23N2S+. The van der Waals surface area contributed by atoms with Crippen LogP contribution in [0.1, 0.15) is 11.3 Å². The number of allylic oxidation sites excluding steroid dienone is 1. The normalized spacial score (nSPS) is 14.9. The van der Waals surface area contributed by atoms with Gasteiger partial charge < -0.3 is 4.90 Å². The number of benzene rings is 3. The first-order valence-electron chi connectivity index (χ1n) is 9.88. The lowest BCUT2D eigenvalue weighted by Crippen LogP contribution is -2.35. The number of aryl methyl sites for hydroxylation is 1. The molecule has 3 aromatic carbocycles. The summed E-state index contributed by atoms with van der Waals surface area (Å²) in [5.74, 6) is 0. The molecule has 0 aliphatic carbocycles. The monoisotopic (exact) mass is 395 g/mol. The third kappa shape index (κ3) is 3.22. The molecule has 4 aromatic rings. The molecule has 0 amide bonds. The predicted molar refractivity (Wildman–Crippen MR) is 123 cm³/mol. The fraction of sp³-hybridized carbons (Fsp3) is 0.115.